The second kappa shape index (κ2) is 45.7. The van der Waals surface area contributed by atoms with Gasteiger partial charge in [-0.1, -0.05) is 216 Å². The number of nitrogens with one attached hydrogen (secondary N) is 1. The van der Waals surface area contributed by atoms with Gasteiger partial charge in [0.15, 0.2) is 12.6 Å². The summed E-state index contributed by atoms with van der Waals surface area (Å²) < 4.78 is 22.8. The molecule has 2 fully saturated rings. The van der Waals surface area contributed by atoms with Gasteiger partial charge in [0.1, 0.15) is 48.8 Å². The highest BCUT2D eigenvalue weighted by Crippen LogP contribution is 2.30. The van der Waals surface area contributed by atoms with Crippen LogP contribution in [0.1, 0.15) is 219 Å². The Morgan fingerprint density at radius 3 is 1.43 bits per heavy atom. The number of rotatable bonds is 46. The van der Waals surface area contributed by atoms with Gasteiger partial charge in [-0.3, -0.25) is 4.79 Å². The molecule has 14 heteroatoms. The molecule has 0 aromatic rings. The van der Waals surface area contributed by atoms with Crippen LogP contribution in [0.3, 0.4) is 0 Å². The fraction of sp³-hybridized carbons (Fsp3) is 0.817. The van der Waals surface area contributed by atoms with Gasteiger partial charge in [-0.05, 0) is 57.8 Å². The van der Waals surface area contributed by atoms with Gasteiger partial charge in [0.05, 0.1) is 32.0 Å². The van der Waals surface area contributed by atoms with Gasteiger partial charge >= 0.3 is 0 Å². The molecule has 2 heterocycles. The number of unbranched alkanes of at least 4 members (excludes halogenated alkanes) is 23. The predicted molar refractivity (Wildman–Crippen MR) is 295 cm³/mol. The molecule has 14 nitrogen and oxygen atoms in total. The summed E-state index contributed by atoms with van der Waals surface area (Å²) in [6.45, 7) is 2.73. The molecule has 0 aromatic heterocycles. The van der Waals surface area contributed by atoms with Crippen LogP contribution in [0.4, 0.5) is 0 Å². The van der Waals surface area contributed by atoms with E-state index in [4.69, 9.17) is 18.9 Å². The maximum atomic E-state index is 13.2. The Morgan fingerprint density at radius 2 is 0.932 bits per heavy atom. The second-order valence-corrected chi connectivity index (χ2v) is 20.7. The van der Waals surface area contributed by atoms with Crippen molar-refractivity contribution in [3.63, 3.8) is 0 Å². The quantitative estimate of drug-likeness (QED) is 0.0205. The molecule has 0 saturated carbocycles. The lowest BCUT2D eigenvalue weighted by Gasteiger charge is -2.46. The summed E-state index contributed by atoms with van der Waals surface area (Å²) in [5.74, 6) is -0.211. The molecule has 0 radical (unpaired) electrons. The fourth-order valence-corrected chi connectivity index (χ4v) is 9.50. The summed E-state index contributed by atoms with van der Waals surface area (Å²) in [7, 11) is 0. The second-order valence-electron chi connectivity index (χ2n) is 20.7. The van der Waals surface area contributed by atoms with Crippen molar-refractivity contribution in [2.45, 2.75) is 293 Å². The van der Waals surface area contributed by atoms with Crippen LogP contribution >= 0.6 is 0 Å². The Hall–Kier alpha value is -2.31. The fourth-order valence-electron chi connectivity index (χ4n) is 9.50. The first kappa shape index (κ1) is 67.8. The van der Waals surface area contributed by atoms with Crippen molar-refractivity contribution >= 4 is 5.91 Å². The SMILES string of the molecule is CC/C=C\C/C=C\C/C=C\C/C=C\C/C=C\CCCCCCCCCCCCCCCC(=O)NC(COC1OC(CO)C(OC2OC(CO)C(O)C(O)C2O)C(O)C1O)C(O)CCCCCCCCCCCCC. The maximum Gasteiger partial charge on any atom is 0.220 e. The highest BCUT2D eigenvalue weighted by atomic mass is 16.7. The van der Waals surface area contributed by atoms with Gasteiger partial charge in [-0.2, -0.15) is 0 Å². The highest BCUT2D eigenvalue weighted by Gasteiger charge is 2.51. The molecule has 12 atom stereocenters. The van der Waals surface area contributed by atoms with E-state index in [-0.39, 0.29) is 12.5 Å². The van der Waals surface area contributed by atoms with E-state index in [0.717, 1.165) is 83.5 Å². The van der Waals surface area contributed by atoms with E-state index in [1.165, 1.54) is 109 Å². The standard InChI is InChI=1S/C60H107NO13/c1-3-5-7-9-11-13-15-16-17-18-19-20-21-22-23-24-25-26-27-28-29-30-31-32-34-36-38-40-42-44-52(65)61-48(49(64)43-41-39-37-35-33-14-12-10-8-6-4-2)47-71-59-57(70)55(68)58(51(46-63)73-59)74-60-56(69)54(67)53(66)50(45-62)72-60/h5,7,11,13,16-17,19-20,22-23,48-51,53-60,62-64,66-70H,3-4,6,8-10,12,14-15,18,21,24-47H2,1-2H3,(H,61,65)/b7-5-,13-11-,17-16-,20-19-,23-22-. The zero-order valence-corrected chi connectivity index (χ0v) is 46.1. The van der Waals surface area contributed by atoms with Gasteiger partial charge < -0.3 is 65.1 Å². The van der Waals surface area contributed by atoms with Crippen LogP contribution in [0, 0.1) is 0 Å². The van der Waals surface area contributed by atoms with E-state index in [0.29, 0.717) is 12.8 Å². The molecule has 74 heavy (non-hydrogen) atoms. The van der Waals surface area contributed by atoms with Crippen LogP contribution in [0.2, 0.25) is 0 Å². The number of amides is 1. The minimum absolute atomic E-state index is 0.211. The smallest absolute Gasteiger partial charge is 0.220 e. The first-order valence-electron chi connectivity index (χ1n) is 29.5. The summed E-state index contributed by atoms with van der Waals surface area (Å²) in [5, 5.41) is 87.1. The van der Waals surface area contributed by atoms with E-state index >= 15 is 0 Å². The maximum absolute atomic E-state index is 13.2. The van der Waals surface area contributed by atoms with Crippen molar-refractivity contribution in [3.8, 4) is 0 Å². The number of ether oxygens (including phenoxy) is 4. The Bertz CT molecular complexity index is 1470. The van der Waals surface area contributed by atoms with E-state index in [9.17, 15) is 45.6 Å². The highest BCUT2D eigenvalue weighted by molar-refractivity contribution is 5.76. The number of hydrogen-bond acceptors (Lipinski definition) is 13. The molecule has 2 saturated heterocycles. The third-order valence-corrected chi connectivity index (χ3v) is 14.2. The lowest BCUT2D eigenvalue weighted by atomic mass is 9.97. The Morgan fingerprint density at radius 1 is 0.500 bits per heavy atom. The van der Waals surface area contributed by atoms with Crippen molar-refractivity contribution in [2.75, 3.05) is 19.8 Å². The molecule has 9 N–H and O–H groups in total. The van der Waals surface area contributed by atoms with Crippen LogP contribution < -0.4 is 5.32 Å². The van der Waals surface area contributed by atoms with Crippen molar-refractivity contribution in [3.05, 3.63) is 60.8 Å². The van der Waals surface area contributed by atoms with Crippen LogP contribution in [-0.2, 0) is 23.7 Å². The molecule has 0 aromatic carbocycles. The molecule has 0 spiro atoms. The molecule has 2 rings (SSSR count). The molecular formula is C60H107NO13. The Labute approximate surface area is 447 Å². The number of carbonyl (C=O) groups is 1. The third-order valence-electron chi connectivity index (χ3n) is 14.2. The minimum Gasteiger partial charge on any atom is -0.394 e. The lowest BCUT2D eigenvalue weighted by Crippen LogP contribution is -2.65. The number of allylic oxidation sites excluding steroid dienone is 10. The lowest BCUT2D eigenvalue weighted by molar-refractivity contribution is -0.359. The molecule has 430 valence electrons. The summed E-state index contributed by atoms with van der Waals surface area (Å²) in [6.07, 6.45) is 40.9. The van der Waals surface area contributed by atoms with Crippen molar-refractivity contribution < 1.29 is 64.6 Å². The topological polar surface area (TPSA) is 228 Å². The Balaban J connectivity index is 1.67. The van der Waals surface area contributed by atoms with Crippen LogP contribution in [-0.4, -0.2) is 140 Å². The first-order chi connectivity index (χ1) is 36.1. The van der Waals surface area contributed by atoms with Gasteiger partial charge in [0.2, 0.25) is 5.91 Å². The summed E-state index contributed by atoms with van der Waals surface area (Å²) in [5.41, 5.74) is 0. The van der Waals surface area contributed by atoms with Gasteiger partial charge in [-0.25, -0.2) is 0 Å². The molecule has 1 amide bonds. The molecular weight excluding hydrogens is 943 g/mol. The largest absolute Gasteiger partial charge is 0.394 e. The van der Waals surface area contributed by atoms with Gasteiger partial charge in [0.25, 0.3) is 0 Å². The number of hydrogen-bond donors (Lipinski definition) is 9. The average Bonchev–Trinajstić information content (AvgIpc) is 3.40. The molecule has 0 bridgehead atoms. The first-order valence-corrected chi connectivity index (χ1v) is 29.5. The number of carbonyl (C=O) groups excluding carboxylic acids is 1. The van der Waals surface area contributed by atoms with Crippen molar-refractivity contribution in [1.82, 2.24) is 5.32 Å². The van der Waals surface area contributed by atoms with Crippen LogP contribution in [0.15, 0.2) is 60.8 Å². The molecule has 0 aliphatic carbocycles. The predicted octanol–water partition coefficient (Wildman–Crippen LogP) is 9.78. The third kappa shape index (κ3) is 31.2. The normalized spacial score (nSPS) is 25.6. The zero-order valence-electron chi connectivity index (χ0n) is 46.1. The van der Waals surface area contributed by atoms with Crippen LogP contribution in [0.5, 0.6) is 0 Å². The van der Waals surface area contributed by atoms with E-state index < -0.39 is 86.8 Å². The Kier molecular flexibility index (Phi) is 41.9. The molecule has 2 aliphatic rings. The zero-order chi connectivity index (χ0) is 53.9. The summed E-state index contributed by atoms with van der Waals surface area (Å²) >= 11 is 0. The summed E-state index contributed by atoms with van der Waals surface area (Å²) in [6, 6.07) is -0.830. The van der Waals surface area contributed by atoms with Crippen molar-refractivity contribution in [1.29, 1.82) is 0 Å². The number of aliphatic hydroxyl groups is 8. The van der Waals surface area contributed by atoms with Gasteiger partial charge in [-0.15, -0.1) is 0 Å². The average molecular weight is 1050 g/mol. The van der Waals surface area contributed by atoms with Crippen LogP contribution in [0.25, 0.3) is 0 Å². The van der Waals surface area contributed by atoms with Gasteiger partial charge in [0, 0.05) is 6.42 Å². The molecule has 2 aliphatic heterocycles. The van der Waals surface area contributed by atoms with E-state index in [1.807, 2.05) is 0 Å². The van der Waals surface area contributed by atoms with E-state index in [2.05, 4.69) is 79.9 Å². The molecule has 12 unspecified atom stereocenters. The monoisotopic (exact) mass is 1050 g/mol. The number of aliphatic hydroxyl groups excluding tert-OH is 8. The minimum atomic E-state index is -1.78. The van der Waals surface area contributed by atoms with E-state index in [1.54, 1.807) is 0 Å². The summed E-state index contributed by atoms with van der Waals surface area (Å²) in [4.78, 5) is 13.2. The van der Waals surface area contributed by atoms with Crippen molar-refractivity contribution in [2.24, 2.45) is 0 Å².